The Bertz CT molecular complexity index is 1180. The van der Waals surface area contributed by atoms with Gasteiger partial charge in [0.05, 0.1) is 5.56 Å². The number of ketones is 1. The molecule has 3 rings (SSSR count). The quantitative estimate of drug-likeness (QED) is 0.435. The Morgan fingerprint density at radius 3 is 2.35 bits per heavy atom. The number of thiophene rings is 1. The van der Waals surface area contributed by atoms with Crippen molar-refractivity contribution in [1.29, 1.82) is 0 Å². The highest BCUT2D eigenvalue weighted by Crippen LogP contribution is 2.33. The lowest BCUT2D eigenvalue weighted by molar-refractivity contribution is -0.114. The first-order valence-electron chi connectivity index (χ1n) is 9.63. The molecule has 0 fully saturated rings. The summed E-state index contributed by atoms with van der Waals surface area (Å²) in [5, 5.41) is 3.05. The van der Waals surface area contributed by atoms with Crippen LogP contribution in [0.1, 0.15) is 49.5 Å². The molecule has 0 unspecified atom stereocenters. The first-order valence-corrected chi connectivity index (χ1v) is 10.4. The van der Waals surface area contributed by atoms with Crippen molar-refractivity contribution >= 4 is 34.0 Å². The van der Waals surface area contributed by atoms with Gasteiger partial charge in [0.1, 0.15) is 10.8 Å². The number of amides is 1. The summed E-state index contributed by atoms with van der Waals surface area (Å²) in [4.78, 5) is 37.8. The summed E-state index contributed by atoms with van der Waals surface area (Å²) >= 11 is 1.29. The Hall–Kier alpha value is -3.26. The minimum absolute atomic E-state index is 0.266. The van der Waals surface area contributed by atoms with Crippen LogP contribution in [0.25, 0.3) is 5.69 Å². The molecule has 0 bridgehead atoms. The second kappa shape index (κ2) is 8.85. The lowest BCUT2D eigenvalue weighted by Crippen LogP contribution is -2.17. The van der Waals surface area contributed by atoms with Crippen LogP contribution in [0.15, 0.2) is 30.3 Å². The molecule has 0 atom stereocenters. The first-order chi connectivity index (χ1) is 14.6. The summed E-state index contributed by atoms with van der Waals surface area (Å²) in [5.41, 5.74) is 3.61. The van der Waals surface area contributed by atoms with E-state index in [1.54, 1.807) is 32.0 Å². The number of Topliss-reactive ketones (excluding diaryl/α,β-unsaturated/α-hetero) is 1. The molecule has 3 aromatic rings. The number of carbonyl (C=O) groups is 3. The normalized spacial score (nSPS) is 10.8. The molecule has 6 nitrogen and oxygen atoms in total. The standard InChI is InChI=1S/C23H23FN2O4S/c1-12-10-19(14(3)26(12)18-8-6-17(24)7-9-18)20(28)11-30-23(29)21-13(2)15(4)31-22(21)25-16(5)27/h6-10H,11H2,1-5H3,(H,25,27). The molecule has 0 saturated heterocycles. The molecule has 0 radical (unpaired) electrons. The van der Waals surface area contributed by atoms with Crippen molar-refractivity contribution in [2.45, 2.75) is 34.6 Å². The van der Waals surface area contributed by atoms with E-state index in [0.717, 1.165) is 16.3 Å². The molecule has 1 aromatic carbocycles. The molecule has 0 aliphatic rings. The van der Waals surface area contributed by atoms with Gasteiger partial charge in [-0.15, -0.1) is 11.3 Å². The average Bonchev–Trinajstić information content (AvgIpc) is 3.15. The molecule has 2 heterocycles. The largest absolute Gasteiger partial charge is 0.454 e. The van der Waals surface area contributed by atoms with Crippen molar-refractivity contribution < 1.29 is 23.5 Å². The van der Waals surface area contributed by atoms with Crippen LogP contribution in [0.2, 0.25) is 0 Å². The number of anilines is 1. The zero-order valence-electron chi connectivity index (χ0n) is 18.0. The van der Waals surface area contributed by atoms with Crippen LogP contribution in [0.5, 0.6) is 0 Å². The number of benzene rings is 1. The van der Waals surface area contributed by atoms with Gasteiger partial charge in [0.2, 0.25) is 11.7 Å². The number of nitrogens with zero attached hydrogens (tertiary/aromatic N) is 1. The van der Waals surface area contributed by atoms with Crippen LogP contribution in [0.4, 0.5) is 9.39 Å². The van der Waals surface area contributed by atoms with E-state index in [1.165, 1.54) is 30.4 Å². The van der Waals surface area contributed by atoms with Crippen molar-refractivity contribution in [3.8, 4) is 5.69 Å². The third-order valence-corrected chi connectivity index (χ3v) is 6.15. The molecule has 1 N–H and O–H groups in total. The summed E-state index contributed by atoms with van der Waals surface area (Å²) in [6.45, 7) is 8.17. The number of aryl methyl sites for hydroxylation is 2. The van der Waals surface area contributed by atoms with Gasteiger partial charge in [0.25, 0.3) is 0 Å². The molecule has 2 aromatic heterocycles. The van der Waals surface area contributed by atoms with E-state index in [4.69, 9.17) is 4.74 Å². The fourth-order valence-electron chi connectivity index (χ4n) is 3.43. The number of halogens is 1. The van der Waals surface area contributed by atoms with Crippen molar-refractivity contribution in [2.75, 3.05) is 11.9 Å². The number of hydrogen-bond donors (Lipinski definition) is 1. The molecule has 31 heavy (non-hydrogen) atoms. The van der Waals surface area contributed by atoms with Gasteiger partial charge < -0.3 is 14.6 Å². The van der Waals surface area contributed by atoms with Crippen LogP contribution >= 0.6 is 11.3 Å². The highest BCUT2D eigenvalue weighted by Gasteiger charge is 2.24. The highest BCUT2D eigenvalue weighted by molar-refractivity contribution is 7.16. The van der Waals surface area contributed by atoms with E-state index < -0.39 is 12.6 Å². The number of aromatic nitrogens is 1. The number of esters is 1. The lowest BCUT2D eigenvalue weighted by Gasteiger charge is -2.10. The fraction of sp³-hybridized carbons (Fsp3) is 0.261. The maximum Gasteiger partial charge on any atom is 0.341 e. The summed E-state index contributed by atoms with van der Waals surface area (Å²) in [5.74, 6) is -1.64. The van der Waals surface area contributed by atoms with Gasteiger partial charge in [-0.1, -0.05) is 0 Å². The molecule has 0 spiro atoms. The number of rotatable bonds is 6. The Balaban J connectivity index is 1.79. The minimum atomic E-state index is -0.661. The van der Waals surface area contributed by atoms with Gasteiger partial charge in [-0.25, -0.2) is 9.18 Å². The lowest BCUT2D eigenvalue weighted by atomic mass is 10.1. The molecular weight excluding hydrogens is 419 g/mol. The molecule has 0 aliphatic carbocycles. The van der Waals surface area contributed by atoms with Crippen molar-refractivity contribution in [3.05, 3.63) is 69.1 Å². The van der Waals surface area contributed by atoms with Crippen LogP contribution in [0, 0.1) is 33.5 Å². The molecule has 0 saturated carbocycles. The van der Waals surface area contributed by atoms with E-state index in [0.29, 0.717) is 21.8 Å². The van der Waals surface area contributed by atoms with E-state index in [2.05, 4.69) is 5.32 Å². The van der Waals surface area contributed by atoms with Gasteiger partial charge in [-0.3, -0.25) is 9.59 Å². The van der Waals surface area contributed by atoms with Crippen molar-refractivity contribution in [3.63, 3.8) is 0 Å². The summed E-state index contributed by atoms with van der Waals surface area (Å²) < 4.78 is 20.4. The topological polar surface area (TPSA) is 77.4 Å². The smallest absolute Gasteiger partial charge is 0.341 e. The second-order valence-electron chi connectivity index (χ2n) is 7.26. The van der Waals surface area contributed by atoms with Crippen molar-refractivity contribution in [1.82, 2.24) is 4.57 Å². The van der Waals surface area contributed by atoms with Gasteiger partial charge in [-0.2, -0.15) is 0 Å². The first kappa shape index (κ1) is 22.4. The number of hydrogen-bond acceptors (Lipinski definition) is 5. The van der Waals surface area contributed by atoms with Crippen LogP contribution < -0.4 is 5.32 Å². The van der Waals surface area contributed by atoms with E-state index in [-0.39, 0.29) is 23.1 Å². The van der Waals surface area contributed by atoms with Gasteiger partial charge >= 0.3 is 5.97 Å². The van der Waals surface area contributed by atoms with Crippen molar-refractivity contribution in [2.24, 2.45) is 0 Å². The molecule has 162 valence electrons. The fourth-order valence-corrected chi connectivity index (χ4v) is 4.53. The Kier molecular flexibility index (Phi) is 6.40. The zero-order valence-corrected chi connectivity index (χ0v) is 18.8. The number of carbonyl (C=O) groups excluding carboxylic acids is 3. The monoisotopic (exact) mass is 442 g/mol. The third kappa shape index (κ3) is 4.59. The third-order valence-electron chi connectivity index (χ3n) is 5.03. The Morgan fingerprint density at radius 1 is 1.10 bits per heavy atom. The maximum absolute atomic E-state index is 13.2. The predicted molar refractivity (Wildman–Crippen MR) is 118 cm³/mol. The zero-order chi connectivity index (χ0) is 22.9. The minimum Gasteiger partial charge on any atom is -0.454 e. The van der Waals surface area contributed by atoms with E-state index in [1.807, 2.05) is 18.4 Å². The summed E-state index contributed by atoms with van der Waals surface area (Å²) in [6.07, 6.45) is 0. The Labute approximate surface area is 183 Å². The molecule has 8 heteroatoms. The maximum atomic E-state index is 13.2. The SMILES string of the molecule is CC(=O)Nc1sc(C)c(C)c1C(=O)OCC(=O)c1cc(C)n(-c2ccc(F)cc2)c1C. The molecule has 1 amide bonds. The van der Waals surface area contributed by atoms with Crippen LogP contribution in [-0.2, 0) is 9.53 Å². The van der Waals surface area contributed by atoms with Crippen LogP contribution in [-0.4, -0.2) is 28.8 Å². The van der Waals surface area contributed by atoms with Crippen LogP contribution in [0.3, 0.4) is 0 Å². The summed E-state index contributed by atoms with van der Waals surface area (Å²) in [6, 6.07) is 7.70. The second-order valence-corrected chi connectivity index (χ2v) is 8.49. The van der Waals surface area contributed by atoms with Gasteiger partial charge in [-0.05, 0) is 63.6 Å². The van der Waals surface area contributed by atoms with E-state index >= 15 is 0 Å². The van der Waals surface area contributed by atoms with E-state index in [9.17, 15) is 18.8 Å². The summed E-state index contributed by atoms with van der Waals surface area (Å²) in [7, 11) is 0. The molecular formula is C23H23FN2O4S. The highest BCUT2D eigenvalue weighted by atomic mass is 32.1. The number of nitrogens with one attached hydrogen (secondary N) is 1. The van der Waals surface area contributed by atoms with Gasteiger partial charge in [0.15, 0.2) is 6.61 Å². The molecule has 0 aliphatic heterocycles. The Morgan fingerprint density at radius 2 is 1.74 bits per heavy atom. The predicted octanol–water partition coefficient (Wildman–Crippen LogP) is 4.91. The number of ether oxygens (including phenoxy) is 1. The average molecular weight is 443 g/mol. The van der Waals surface area contributed by atoms with Gasteiger partial charge in [0, 0.05) is 34.4 Å².